The van der Waals surface area contributed by atoms with Crippen LogP contribution in [0.25, 0.3) is 0 Å². The molecule has 1 amide bonds. The van der Waals surface area contributed by atoms with Gasteiger partial charge in [0, 0.05) is 11.3 Å². The summed E-state index contributed by atoms with van der Waals surface area (Å²) in [5.74, 6) is -0.0549. The van der Waals surface area contributed by atoms with Gasteiger partial charge in [-0.3, -0.25) is 4.79 Å². The second-order valence-electron chi connectivity index (χ2n) is 5.07. The zero-order valence-electron chi connectivity index (χ0n) is 15.1. The van der Waals surface area contributed by atoms with Crippen molar-refractivity contribution in [2.24, 2.45) is 0 Å². The zero-order valence-corrected chi connectivity index (χ0v) is 20.8. The summed E-state index contributed by atoms with van der Waals surface area (Å²) >= 11 is 4.74. The van der Waals surface area contributed by atoms with Gasteiger partial charge < -0.3 is 5.32 Å². The third kappa shape index (κ3) is 7.89. The molecular formula is C19H25I2NOV. The molecule has 0 fully saturated rings. The molecule has 0 saturated carbocycles. The van der Waals surface area contributed by atoms with Gasteiger partial charge >= 0.3 is 49.4 Å². The number of nitrogens with one attached hydrogen (secondary N) is 1. The minimum atomic E-state index is -0.0549. The molecule has 2 nitrogen and oxygen atoms in total. The number of rotatable bonds is 2. The van der Waals surface area contributed by atoms with Crippen LogP contribution in [-0.2, 0) is 9.47 Å². The number of carbonyl (C=O) groups is 1. The van der Waals surface area contributed by atoms with E-state index in [0.717, 1.165) is 16.8 Å². The van der Waals surface area contributed by atoms with Gasteiger partial charge in [-0.1, -0.05) is 32.0 Å². The fraction of sp³-hybridized carbons (Fsp3) is 0.316. The Hall–Kier alpha value is -0.0456. The van der Waals surface area contributed by atoms with Crippen LogP contribution in [0.2, 0.25) is 0 Å². The Bertz CT molecular complexity index is 637. The van der Waals surface area contributed by atoms with Gasteiger partial charge in [-0.15, -0.1) is 0 Å². The summed E-state index contributed by atoms with van der Waals surface area (Å²) in [4.78, 5) is 12.2. The van der Waals surface area contributed by atoms with Gasteiger partial charge in [0.15, 0.2) is 0 Å². The number of benzene rings is 2. The third-order valence-corrected chi connectivity index (χ3v) is 3.57. The molecule has 0 aliphatic carbocycles. The van der Waals surface area contributed by atoms with Gasteiger partial charge in [0.1, 0.15) is 0 Å². The summed E-state index contributed by atoms with van der Waals surface area (Å²) in [7, 11) is 0.628. The van der Waals surface area contributed by atoms with E-state index < -0.39 is 0 Å². The summed E-state index contributed by atoms with van der Waals surface area (Å²) in [5.41, 5.74) is 6.22. The van der Waals surface area contributed by atoms with Gasteiger partial charge in [0.25, 0.3) is 5.91 Å². The van der Waals surface area contributed by atoms with Crippen molar-refractivity contribution in [1.82, 2.24) is 0 Å². The quantitative estimate of drug-likeness (QED) is 0.378. The van der Waals surface area contributed by atoms with Crippen molar-refractivity contribution in [3.63, 3.8) is 0 Å². The summed E-state index contributed by atoms with van der Waals surface area (Å²) in [6, 6.07) is 11.6. The fourth-order valence-electron chi connectivity index (χ4n) is 2.13. The first-order chi connectivity index (χ1) is 11.4. The van der Waals surface area contributed by atoms with Crippen LogP contribution in [0.15, 0.2) is 36.4 Å². The average molecular weight is 588 g/mol. The summed E-state index contributed by atoms with van der Waals surface area (Å²) < 4.78 is 0. The van der Waals surface area contributed by atoms with Crippen molar-refractivity contribution in [2.45, 2.75) is 41.5 Å². The van der Waals surface area contributed by atoms with Crippen molar-refractivity contribution < 1.29 is 14.3 Å². The summed E-state index contributed by atoms with van der Waals surface area (Å²) in [6.07, 6.45) is 0. The molecule has 0 aliphatic rings. The van der Waals surface area contributed by atoms with Crippen LogP contribution in [0.1, 0.15) is 46.5 Å². The van der Waals surface area contributed by atoms with Crippen LogP contribution >= 0.6 is 40.0 Å². The SMILES string of the molecule is CC.Cc1ccccc1C(=O)Nc1cc(C)c(C)c(C)c1.[I][V][I]. The Morgan fingerprint density at radius 3 is 1.83 bits per heavy atom. The Balaban J connectivity index is 0.000000952. The number of amides is 1. The first-order valence-electron chi connectivity index (χ1n) is 7.77. The monoisotopic (exact) mass is 588 g/mol. The summed E-state index contributed by atoms with van der Waals surface area (Å²) in [5, 5.41) is 2.97. The second kappa shape index (κ2) is 13.2. The van der Waals surface area contributed by atoms with Crippen LogP contribution in [0, 0.1) is 27.7 Å². The number of hydrogen-bond donors (Lipinski definition) is 1. The molecule has 0 bridgehead atoms. The molecular weight excluding hydrogens is 563 g/mol. The van der Waals surface area contributed by atoms with Gasteiger partial charge in [0.2, 0.25) is 0 Å². The van der Waals surface area contributed by atoms with Crippen molar-refractivity contribution in [2.75, 3.05) is 5.32 Å². The molecule has 0 heterocycles. The van der Waals surface area contributed by atoms with Gasteiger partial charge in [-0.05, 0) is 68.1 Å². The number of anilines is 1. The topological polar surface area (TPSA) is 29.1 Å². The van der Waals surface area contributed by atoms with Crippen molar-refractivity contribution in [3.8, 4) is 0 Å². The van der Waals surface area contributed by atoms with E-state index in [1.54, 1.807) is 0 Å². The first-order valence-corrected chi connectivity index (χ1v) is 16.8. The Labute approximate surface area is 175 Å². The molecule has 0 unspecified atom stereocenters. The van der Waals surface area contributed by atoms with E-state index in [0.29, 0.717) is 9.47 Å². The number of carbonyl (C=O) groups excluding carboxylic acids is 1. The van der Waals surface area contributed by atoms with E-state index in [9.17, 15) is 4.79 Å². The van der Waals surface area contributed by atoms with Crippen molar-refractivity contribution in [3.05, 3.63) is 64.2 Å². The normalized spacial score (nSPS) is 9.00. The molecule has 0 aromatic heterocycles. The van der Waals surface area contributed by atoms with Crippen LogP contribution in [0.5, 0.6) is 0 Å². The first kappa shape index (κ1) is 24.0. The molecule has 2 rings (SSSR count). The van der Waals surface area contributed by atoms with Crippen molar-refractivity contribution in [1.29, 1.82) is 0 Å². The molecule has 5 heteroatoms. The van der Waals surface area contributed by atoms with E-state index in [1.807, 2.05) is 57.2 Å². The Kier molecular flexibility index (Phi) is 13.2. The minimum absolute atomic E-state index is 0.0549. The average Bonchev–Trinajstić information content (AvgIpc) is 2.55. The van der Waals surface area contributed by atoms with Crippen LogP contribution in [-0.4, -0.2) is 5.91 Å². The van der Waals surface area contributed by atoms with E-state index in [2.05, 4.69) is 66.0 Å². The van der Waals surface area contributed by atoms with E-state index in [-0.39, 0.29) is 5.91 Å². The van der Waals surface area contributed by atoms with E-state index >= 15 is 0 Å². The van der Waals surface area contributed by atoms with E-state index in [4.69, 9.17) is 0 Å². The Morgan fingerprint density at radius 1 is 0.917 bits per heavy atom. The van der Waals surface area contributed by atoms with Crippen molar-refractivity contribution >= 4 is 51.6 Å². The molecule has 0 spiro atoms. The number of aryl methyl sites for hydroxylation is 3. The number of hydrogen-bond acceptors (Lipinski definition) is 1. The predicted molar refractivity (Wildman–Crippen MR) is 119 cm³/mol. The molecule has 2 aromatic carbocycles. The molecule has 0 radical (unpaired) electrons. The maximum atomic E-state index is 12.2. The fourth-order valence-corrected chi connectivity index (χ4v) is 2.13. The summed E-state index contributed by atoms with van der Waals surface area (Å²) in [6.45, 7) is 12.2. The van der Waals surface area contributed by atoms with Crippen LogP contribution in [0.3, 0.4) is 0 Å². The standard InChI is InChI=1S/C17H19NO.C2H6.2HI.V/c1-11-7-5-6-8-16(11)17(19)18-15-9-12(2)14(4)13(3)10-15;1-2;;;/h5-10H,1-4H3,(H,18,19);1-2H3;2*1H;/q;;;;+2/p-2. The van der Waals surface area contributed by atoms with Crippen LogP contribution in [0.4, 0.5) is 5.69 Å². The van der Waals surface area contributed by atoms with E-state index in [1.165, 1.54) is 16.7 Å². The maximum absolute atomic E-state index is 12.2. The molecule has 0 aliphatic heterocycles. The second-order valence-corrected chi connectivity index (χ2v) is 16.9. The molecule has 0 atom stereocenters. The van der Waals surface area contributed by atoms with Crippen LogP contribution < -0.4 is 5.32 Å². The Morgan fingerprint density at radius 2 is 1.38 bits per heavy atom. The van der Waals surface area contributed by atoms with Gasteiger partial charge in [0.05, 0.1) is 0 Å². The molecule has 24 heavy (non-hydrogen) atoms. The molecule has 131 valence electrons. The third-order valence-electron chi connectivity index (χ3n) is 3.57. The molecule has 1 N–H and O–H groups in total. The molecule has 2 aromatic rings. The molecule has 0 saturated heterocycles. The zero-order chi connectivity index (χ0) is 18.7. The van der Waals surface area contributed by atoms with Gasteiger partial charge in [-0.2, -0.15) is 0 Å². The van der Waals surface area contributed by atoms with Gasteiger partial charge in [-0.25, -0.2) is 0 Å². The predicted octanol–water partition coefficient (Wildman–Crippen LogP) is 6.97. The number of halogens is 2.